The molecule has 0 saturated carbocycles. The van der Waals surface area contributed by atoms with E-state index in [1.165, 1.54) is 16.7 Å². The fourth-order valence-electron chi connectivity index (χ4n) is 1.87. The minimum absolute atomic E-state index is 0.164. The minimum atomic E-state index is -0.825. The molecule has 102 valence electrons. The van der Waals surface area contributed by atoms with E-state index in [9.17, 15) is 9.59 Å². The summed E-state index contributed by atoms with van der Waals surface area (Å²) in [5.41, 5.74) is 6.71. The van der Waals surface area contributed by atoms with Gasteiger partial charge in [-0.05, 0) is 26.0 Å². The molecule has 2 amide bonds. The molecule has 5 nitrogen and oxygen atoms in total. The van der Waals surface area contributed by atoms with Crippen molar-refractivity contribution in [1.29, 1.82) is 5.26 Å². The standard InChI is InChI=1S/C14H13N3O2S/c1-8-3-5-10(6-4-8)17-13(19)9(2)20-14(17)11(7-15)12(16)18/h3-6,9H,1-2H3,(H2,16,18)/b14-11-/t9-/m0/s1. The van der Waals surface area contributed by atoms with Gasteiger partial charge in [0.05, 0.1) is 5.25 Å². The molecule has 1 saturated heterocycles. The van der Waals surface area contributed by atoms with Crippen LogP contribution in [0.1, 0.15) is 12.5 Å². The van der Waals surface area contributed by atoms with Crippen molar-refractivity contribution in [1.82, 2.24) is 0 Å². The summed E-state index contributed by atoms with van der Waals surface area (Å²) in [5.74, 6) is -0.989. The molecular formula is C14H13N3O2S. The molecule has 0 unspecified atom stereocenters. The Labute approximate surface area is 121 Å². The number of aryl methyl sites for hydroxylation is 1. The van der Waals surface area contributed by atoms with Gasteiger partial charge in [-0.25, -0.2) is 0 Å². The third-order valence-electron chi connectivity index (χ3n) is 2.92. The van der Waals surface area contributed by atoms with Gasteiger partial charge in [0.1, 0.15) is 16.7 Å². The fourth-order valence-corrected chi connectivity index (χ4v) is 2.98. The number of carbonyl (C=O) groups is 2. The molecule has 1 heterocycles. The van der Waals surface area contributed by atoms with Crippen LogP contribution in [0.3, 0.4) is 0 Å². The number of thioether (sulfide) groups is 1. The number of amides is 2. The van der Waals surface area contributed by atoms with E-state index < -0.39 is 5.91 Å². The van der Waals surface area contributed by atoms with Gasteiger partial charge in [0.15, 0.2) is 0 Å². The van der Waals surface area contributed by atoms with Crippen LogP contribution in [0.15, 0.2) is 34.9 Å². The molecule has 1 aliphatic rings. The maximum atomic E-state index is 12.3. The lowest BCUT2D eigenvalue weighted by Gasteiger charge is -2.18. The zero-order valence-electron chi connectivity index (χ0n) is 11.1. The molecule has 0 aliphatic carbocycles. The first-order chi connectivity index (χ1) is 9.45. The Morgan fingerprint density at radius 2 is 2.00 bits per heavy atom. The maximum absolute atomic E-state index is 12.3. The van der Waals surface area contributed by atoms with E-state index in [2.05, 4.69) is 0 Å². The second-order valence-electron chi connectivity index (χ2n) is 4.43. The van der Waals surface area contributed by atoms with E-state index in [-0.39, 0.29) is 16.7 Å². The number of benzene rings is 1. The number of carbonyl (C=O) groups excluding carboxylic acids is 2. The van der Waals surface area contributed by atoms with Crippen molar-refractivity contribution in [3.63, 3.8) is 0 Å². The Kier molecular flexibility index (Phi) is 3.81. The summed E-state index contributed by atoms with van der Waals surface area (Å²) in [5, 5.41) is 9.03. The van der Waals surface area contributed by atoms with Gasteiger partial charge >= 0.3 is 0 Å². The number of hydrogen-bond donors (Lipinski definition) is 1. The van der Waals surface area contributed by atoms with Crippen LogP contribution in [-0.4, -0.2) is 17.1 Å². The van der Waals surface area contributed by atoms with Gasteiger partial charge in [0.2, 0.25) is 5.91 Å². The smallest absolute Gasteiger partial charge is 0.262 e. The molecule has 0 radical (unpaired) electrons. The second-order valence-corrected chi connectivity index (χ2v) is 5.75. The Morgan fingerprint density at radius 3 is 2.50 bits per heavy atom. The lowest BCUT2D eigenvalue weighted by molar-refractivity contribution is -0.116. The SMILES string of the molecule is Cc1ccc(N2C(=O)[C@H](C)S/C2=C(/C#N)C(N)=O)cc1. The summed E-state index contributed by atoms with van der Waals surface area (Å²) in [6.07, 6.45) is 0. The molecule has 20 heavy (non-hydrogen) atoms. The molecule has 0 spiro atoms. The lowest BCUT2D eigenvalue weighted by Crippen LogP contribution is -2.29. The van der Waals surface area contributed by atoms with Gasteiger partial charge in [-0.15, -0.1) is 0 Å². The van der Waals surface area contributed by atoms with Crippen LogP contribution in [0.5, 0.6) is 0 Å². The van der Waals surface area contributed by atoms with Crippen molar-refractivity contribution >= 4 is 29.3 Å². The number of nitriles is 1. The molecule has 6 heteroatoms. The molecule has 1 aliphatic heterocycles. The number of nitrogens with zero attached hydrogens (tertiary/aromatic N) is 2. The Balaban J connectivity index is 2.58. The Bertz CT molecular complexity index is 643. The molecule has 0 aromatic heterocycles. The van der Waals surface area contributed by atoms with Gasteiger partial charge in [-0.3, -0.25) is 14.5 Å². The highest BCUT2D eigenvalue weighted by Gasteiger charge is 2.37. The second kappa shape index (κ2) is 5.39. The molecule has 2 rings (SSSR count). The quantitative estimate of drug-likeness (QED) is 0.662. The predicted molar refractivity (Wildman–Crippen MR) is 77.6 cm³/mol. The number of nitrogens with two attached hydrogens (primary N) is 1. The van der Waals surface area contributed by atoms with Gasteiger partial charge < -0.3 is 5.73 Å². The summed E-state index contributed by atoms with van der Waals surface area (Å²) in [6, 6.07) is 9.08. The summed E-state index contributed by atoms with van der Waals surface area (Å²) in [4.78, 5) is 25.0. The first-order valence-corrected chi connectivity index (χ1v) is 6.85. The molecule has 1 atom stereocenters. The molecule has 1 fully saturated rings. The van der Waals surface area contributed by atoms with Crippen molar-refractivity contribution in [2.45, 2.75) is 19.1 Å². The summed E-state index contributed by atoms with van der Waals surface area (Å²) >= 11 is 1.17. The first-order valence-electron chi connectivity index (χ1n) is 5.97. The minimum Gasteiger partial charge on any atom is -0.365 e. The normalized spacial score (nSPS) is 20.8. The average Bonchev–Trinajstić information content (AvgIpc) is 2.68. The third-order valence-corrected chi connectivity index (χ3v) is 4.09. The summed E-state index contributed by atoms with van der Waals surface area (Å²) in [7, 11) is 0. The largest absolute Gasteiger partial charge is 0.365 e. The van der Waals surface area contributed by atoms with Crippen molar-refractivity contribution in [2.75, 3.05) is 4.90 Å². The number of anilines is 1. The van der Waals surface area contributed by atoms with E-state index in [1.54, 1.807) is 25.1 Å². The maximum Gasteiger partial charge on any atom is 0.262 e. The Hall–Kier alpha value is -2.26. The lowest BCUT2D eigenvalue weighted by atomic mass is 10.2. The Morgan fingerprint density at radius 1 is 1.40 bits per heavy atom. The van der Waals surface area contributed by atoms with E-state index in [1.807, 2.05) is 19.1 Å². The molecule has 1 aromatic carbocycles. The van der Waals surface area contributed by atoms with Crippen LogP contribution in [0.4, 0.5) is 5.69 Å². The fraction of sp³-hybridized carbons (Fsp3) is 0.214. The molecule has 1 aromatic rings. The van der Waals surface area contributed by atoms with Crippen LogP contribution >= 0.6 is 11.8 Å². The molecule has 0 bridgehead atoms. The van der Waals surface area contributed by atoms with Gasteiger partial charge in [0, 0.05) is 5.69 Å². The van der Waals surface area contributed by atoms with E-state index in [0.29, 0.717) is 10.7 Å². The molecular weight excluding hydrogens is 274 g/mol. The van der Waals surface area contributed by atoms with Gasteiger partial charge in [0.25, 0.3) is 5.91 Å². The first kappa shape index (κ1) is 14.2. The van der Waals surface area contributed by atoms with Crippen molar-refractivity contribution in [2.24, 2.45) is 5.73 Å². The monoisotopic (exact) mass is 287 g/mol. The zero-order chi connectivity index (χ0) is 14.9. The third kappa shape index (κ3) is 2.40. The van der Waals surface area contributed by atoms with Crippen LogP contribution < -0.4 is 10.6 Å². The highest BCUT2D eigenvalue weighted by atomic mass is 32.2. The van der Waals surface area contributed by atoms with E-state index >= 15 is 0 Å². The molecule has 2 N–H and O–H groups in total. The van der Waals surface area contributed by atoms with E-state index in [4.69, 9.17) is 11.0 Å². The topological polar surface area (TPSA) is 87.2 Å². The average molecular weight is 287 g/mol. The van der Waals surface area contributed by atoms with Crippen molar-refractivity contribution < 1.29 is 9.59 Å². The van der Waals surface area contributed by atoms with Crippen molar-refractivity contribution in [3.8, 4) is 6.07 Å². The van der Waals surface area contributed by atoms with Gasteiger partial charge in [-0.1, -0.05) is 29.5 Å². The summed E-state index contributed by atoms with van der Waals surface area (Å²) < 4.78 is 0. The number of primary amides is 1. The number of rotatable bonds is 2. The predicted octanol–water partition coefficient (Wildman–Crippen LogP) is 1.68. The highest BCUT2D eigenvalue weighted by Crippen LogP contribution is 2.40. The summed E-state index contributed by atoms with van der Waals surface area (Å²) in [6.45, 7) is 3.67. The van der Waals surface area contributed by atoms with Crippen molar-refractivity contribution in [3.05, 3.63) is 40.4 Å². The number of hydrogen-bond acceptors (Lipinski definition) is 4. The van der Waals surface area contributed by atoms with Crippen LogP contribution in [0, 0.1) is 18.3 Å². The van der Waals surface area contributed by atoms with Crippen LogP contribution in [-0.2, 0) is 9.59 Å². The van der Waals surface area contributed by atoms with Gasteiger partial charge in [-0.2, -0.15) is 5.26 Å². The zero-order valence-corrected chi connectivity index (χ0v) is 11.9. The highest BCUT2D eigenvalue weighted by molar-refractivity contribution is 8.05. The van der Waals surface area contributed by atoms with Crippen LogP contribution in [0.25, 0.3) is 0 Å². The van der Waals surface area contributed by atoms with Crippen LogP contribution in [0.2, 0.25) is 0 Å². The van der Waals surface area contributed by atoms with E-state index in [0.717, 1.165) is 5.56 Å².